The van der Waals surface area contributed by atoms with E-state index in [1.54, 1.807) is 0 Å². The van der Waals surface area contributed by atoms with Gasteiger partial charge in [0.15, 0.2) is 0 Å². The molecule has 0 bridgehead atoms. The topological polar surface area (TPSA) is 0 Å². The van der Waals surface area contributed by atoms with Gasteiger partial charge in [-0.2, -0.15) is 12.6 Å². The van der Waals surface area contributed by atoms with Crippen LogP contribution in [-0.4, -0.2) is 5.75 Å². The Morgan fingerprint density at radius 2 is 1.52 bits per heavy atom. The molecule has 0 atom stereocenters. The van der Waals surface area contributed by atoms with Crippen molar-refractivity contribution in [3.8, 4) is 0 Å². The zero-order valence-corrected chi connectivity index (χ0v) is 14.6. The predicted octanol–water partition coefficient (Wildman–Crippen LogP) is 6.85. The average molecular weight is 323 g/mol. The highest BCUT2D eigenvalue weighted by Gasteiger charge is 1.91. The number of hydrogen-bond acceptors (Lipinski definition) is 1. The second-order valence-corrected chi connectivity index (χ2v) is 6.15. The van der Waals surface area contributed by atoms with Crippen LogP contribution in [0.25, 0.3) is 16.8 Å². The maximum Gasteiger partial charge on any atom is -0.00979 e. The number of hydrogen-bond donors (Lipinski definition) is 1. The standard InChI is InChI=1S/C22H26S/c23-18-12-8-6-4-2-1-3-5-7-9-13-20-16-17-21-14-10-11-15-22(21)19-20/h1,3,5,7,9-11,13-17,19,23H,2,4,6,8,12,18H2/b3-1+,7-5+,13-9+. The summed E-state index contributed by atoms with van der Waals surface area (Å²) >= 11 is 4.23. The molecular formula is C22H26S. The SMILES string of the molecule is SCCCCCC/C=C/C=C/C=C/c1ccc2ccccc2c1. The molecule has 0 unspecified atom stereocenters. The molecule has 0 aliphatic carbocycles. The van der Waals surface area contributed by atoms with Crippen LogP contribution in [0.4, 0.5) is 0 Å². The highest BCUT2D eigenvalue weighted by molar-refractivity contribution is 7.80. The molecule has 0 aliphatic heterocycles. The minimum Gasteiger partial charge on any atom is -0.179 e. The van der Waals surface area contributed by atoms with Gasteiger partial charge in [0.1, 0.15) is 0 Å². The molecule has 0 spiro atoms. The van der Waals surface area contributed by atoms with Crippen LogP contribution in [0.3, 0.4) is 0 Å². The third-order valence-electron chi connectivity index (χ3n) is 3.81. The Hall–Kier alpha value is -1.73. The van der Waals surface area contributed by atoms with Crippen molar-refractivity contribution in [2.45, 2.75) is 32.1 Å². The Bertz CT molecular complexity index is 664. The minimum absolute atomic E-state index is 1.02. The van der Waals surface area contributed by atoms with Gasteiger partial charge in [-0.1, -0.05) is 85.7 Å². The molecule has 1 heteroatoms. The van der Waals surface area contributed by atoms with Crippen LogP contribution in [-0.2, 0) is 0 Å². The third-order valence-corrected chi connectivity index (χ3v) is 4.13. The van der Waals surface area contributed by atoms with Gasteiger partial charge in [0.05, 0.1) is 0 Å². The molecule has 0 aromatic heterocycles. The van der Waals surface area contributed by atoms with Gasteiger partial charge in [-0.05, 0) is 47.4 Å². The van der Waals surface area contributed by atoms with Gasteiger partial charge in [-0.3, -0.25) is 0 Å². The molecule has 2 aromatic rings. The number of fused-ring (bicyclic) bond motifs is 1. The molecule has 0 radical (unpaired) electrons. The molecule has 2 rings (SSSR count). The van der Waals surface area contributed by atoms with Crippen LogP contribution in [0.1, 0.15) is 37.7 Å². The first-order chi connectivity index (χ1) is 11.4. The van der Waals surface area contributed by atoms with Gasteiger partial charge in [0.25, 0.3) is 0 Å². The fourth-order valence-corrected chi connectivity index (χ4v) is 2.73. The van der Waals surface area contributed by atoms with Gasteiger partial charge in [0.2, 0.25) is 0 Å². The molecule has 0 amide bonds. The van der Waals surface area contributed by atoms with Gasteiger partial charge in [0, 0.05) is 0 Å². The first-order valence-electron chi connectivity index (χ1n) is 8.50. The van der Waals surface area contributed by atoms with Crippen molar-refractivity contribution >= 4 is 29.5 Å². The molecule has 0 N–H and O–H groups in total. The summed E-state index contributed by atoms with van der Waals surface area (Å²) in [5.41, 5.74) is 1.24. The molecular weight excluding hydrogens is 296 g/mol. The molecule has 0 nitrogen and oxygen atoms in total. The van der Waals surface area contributed by atoms with Gasteiger partial charge >= 0.3 is 0 Å². The van der Waals surface area contributed by atoms with E-state index >= 15 is 0 Å². The number of unbranched alkanes of at least 4 members (excludes halogenated alkanes) is 4. The van der Waals surface area contributed by atoms with E-state index in [9.17, 15) is 0 Å². The van der Waals surface area contributed by atoms with E-state index in [2.05, 4.69) is 91.5 Å². The average Bonchev–Trinajstić information content (AvgIpc) is 2.59. The van der Waals surface area contributed by atoms with Crippen LogP contribution >= 0.6 is 12.6 Å². The second-order valence-electron chi connectivity index (χ2n) is 5.71. The number of allylic oxidation sites excluding steroid dienone is 5. The van der Waals surface area contributed by atoms with Crippen molar-refractivity contribution in [2.75, 3.05) is 5.75 Å². The largest absolute Gasteiger partial charge is 0.179 e. The summed E-state index contributed by atoms with van der Waals surface area (Å²) < 4.78 is 0. The molecule has 0 saturated heterocycles. The summed E-state index contributed by atoms with van der Waals surface area (Å²) in [5.74, 6) is 1.02. The molecule has 0 saturated carbocycles. The van der Waals surface area contributed by atoms with E-state index in [1.165, 1.54) is 48.4 Å². The molecule has 0 aliphatic rings. The van der Waals surface area contributed by atoms with Crippen molar-refractivity contribution in [3.63, 3.8) is 0 Å². The normalized spacial score (nSPS) is 12.2. The van der Waals surface area contributed by atoms with E-state index in [0.29, 0.717) is 0 Å². The monoisotopic (exact) mass is 322 g/mol. The summed E-state index contributed by atoms with van der Waals surface area (Å²) in [6, 6.07) is 15.0. The minimum atomic E-state index is 1.02. The maximum absolute atomic E-state index is 4.23. The Balaban J connectivity index is 1.72. The third kappa shape index (κ3) is 6.92. The quantitative estimate of drug-likeness (QED) is 0.291. The highest BCUT2D eigenvalue weighted by Crippen LogP contribution is 2.16. The van der Waals surface area contributed by atoms with Gasteiger partial charge in [-0.15, -0.1) is 0 Å². The zero-order valence-electron chi connectivity index (χ0n) is 13.7. The molecule has 120 valence electrons. The predicted molar refractivity (Wildman–Crippen MR) is 108 cm³/mol. The Morgan fingerprint density at radius 1 is 0.739 bits per heavy atom. The lowest BCUT2D eigenvalue weighted by Crippen LogP contribution is -1.77. The fourth-order valence-electron chi connectivity index (χ4n) is 2.51. The number of rotatable bonds is 9. The van der Waals surface area contributed by atoms with Crippen molar-refractivity contribution in [1.29, 1.82) is 0 Å². The van der Waals surface area contributed by atoms with Crippen LogP contribution in [0.2, 0.25) is 0 Å². The first-order valence-corrected chi connectivity index (χ1v) is 9.13. The van der Waals surface area contributed by atoms with Crippen LogP contribution in [0.15, 0.2) is 72.8 Å². The van der Waals surface area contributed by atoms with Crippen molar-refractivity contribution in [2.24, 2.45) is 0 Å². The van der Waals surface area contributed by atoms with Crippen LogP contribution in [0, 0.1) is 0 Å². The summed E-state index contributed by atoms with van der Waals surface area (Å²) in [7, 11) is 0. The summed E-state index contributed by atoms with van der Waals surface area (Å²) in [5, 5.41) is 2.58. The smallest absolute Gasteiger partial charge is 0.00979 e. The Labute approximate surface area is 146 Å². The van der Waals surface area contributed by atoms with Crippen molar-refractivity contribution in [3.05, 3.63) is 78.4 Å². The summed E-state index contributed by atoms with van der Waals surface area (Å²) in [4.78, 5) is 0. The van der Waals surface area contributed by atoms with E-state index in [0.717, 1.165) is 5.75 Å². The van der Waals surface area contributed by atoms with E-state index < -0.39 is 0 Å². The Morgan fingerprint density at radius 3 is 2.39 bits per heavy atom. The fraction of sp³-hybridized carbons (Fsp3) is 0.273. The summed E-state index contributed by atoms with van der Waals surface area (Å²) in [6.07, 6.45) is 19.2. The number of benzene rings is 2. The summed E-state index contributed by atoms with van der Waals surface area (Å²) in [6.45, 7) is 0. The van der Waals surface area contributed by atoms with Crippen molar-refractivity contribution in [1.82, 2.24) is 0 Å². The van der Waals surface area contributed by atoms with Crippen LogP contribution < -0.4 is 0 Å². The van der Waals surface area contributed by atoms with Gasteiger partial charge < -0.3 is 0 Å². The second kappa shape index (κ2) is 10.9. The number of thiol groups is 1. The van der Waals surface area contributed by atoms with Gasteiger partial charge in [-0.25, -0.2) is 0 Å². The maximum atomic E-state index is 4.23. The lowest BCUT2D eigenvalue weighted by molar-refractivity contribution is 0.679. The van der Waals surface area contributed by atoms with E-state index in [1.807, 2.05) is 0 Å². The Kier molecular flexibility index (Phi) is 8.36. The van der Waals surface area contributed by atoms with Crippen LogP contribution in [0.5, 0.6) is 0 Å². The molecule has 2 aromatic carbocycles. The lowest BCUT2D eigenvalue weighted by Gasteiger charge is -1.98. The molecule has 0 fully saturated rings. The van der Waals surface area contributed by atoms with E-state index in [-0.39, 0.29) is 0 Å². The first kappa shape index (κ1) is 17.6. The molecule has 0 heterocycles. The van der Waals surface area contributed by atoms with E-state index in [4.69, 9.17) is 0 Å². The highest BCUT2D eigenvalue weighted by atomic mass is 32.1. The van der Waals surface area contributed by atoms with Crippen molar-refractivity contribution < 1.29 is 0 Å². The molecule has 23 heavy (non-hydrogen) atoms. The zero-order chi connectivity index (χ0) is 16.2. The lowest BCUT2D eigenvalue weighted by atomic mass is 10.1.